The van der Waals surface area contributed by atoms with Crippen molar-refractivity contribution >= 4 is 11.6 Å². The lowest BCUT2D eigenvalue weighted by molar-refractivity contribution is 0.0948. The zero-order chi connectivity index (χ0) is 13.2. The fraction of sp³-hybridized carbons (Fsp3) is 0.500. The summed E-state index contributed by atoms with van der Waals surface area (Å²) in [4.78, 5) is 12.1. The van der Waals surface area contributed by atoms with E-state index in [-0.39, 0.29) is 5.91 Å². The smallest absolute Gasteiger partial charge is 0.281 e. The minimum absolute atomic E-state index is 0.204. The van der Waals surface area contributed by atoms with Gasteiger partial charge in [-0.05, 0) is 51.5 Å². The van der Waals surface area contributed by atoms with Crippen molar-refractivity contribution in [2.75, 3.05) is 0 Å². The van der Waals surface area contributed by atoms with E-state index in [0.29, 0.717) is 5.69 Å². The summed E-state index contributed by atoms with van der Waals surface area (Å²) in [7, 11) is 0. The number of nitrogens with one attached hydrogen (secondary N) is 2. The molecule has 2 aliphatic rings. The van der Waals surface area contributed by atoms with Gasteiger partial charge in [-0.25, -0.2) is 5.43 Å². The van der Waals surface area contributed by atoms with Gasteiger partial charge in [0, 0.05) is 11.3 Å². The molecule has 3 rings (SSSR count). The van der Waals surface area contributed by atoms with Crippen LogP contribution in [0.3, 0.4) is 0 Å². The SMILES string of the molecule is CC1=CC(=NNC(=O)c2n[nH]c3c2CCCC3)CC1. The third-order valence-corrected chi connectivity index (χ3v) is 3.76. The molecule has 0 atom stereocenters. The molecule has 0 aliphatic heterocycles. The van der Waals surface area contributed by atoms with Crippen LogP contribution in [0.25, 0.3) is 0 Å². The second-order valence-corrected chi connectivity index (χ2v) is 5.27. The number of aromatic amines is 1. The minimum Gasteiger partial charge on any atom is -0.281 e. The average molecular weight is 258 g/mol. The first-order chi connectivity index (χ1) is 9.24. The van der Waals surface area contributed by atoms with Crippen molar-refractivity contribution in [3.05, 3.63) is 28.6 Å². The van der Waals surface area contributed by atoms with Gasteiger partial charge in [0.25, 0.3) is 5.91 Å². The Balaban J connectivity index is 1.73. The van der Waals surface area contributed by atoms with Crippen molar-refractivity contribution in [3.63, 3.8) is 0 Å². The topological polar surface area (TPSA) is 70.1 Å². The number of rotatable bonds is 2. The van der Waals surface area contributed by atoms with Crippen LogP contribution in [0.4, 0.5) is 0 Å². The first-order valence-electron chi connectivity index (χ1n) is 6.84. The van der Waals surface area contributed by atoms with E-state index in [2.05, 4.69) is 27.6 Å². The molecule has 5 nitrogen and oxygen atoms in total. The number of allylic oxidation sites excluding steroid dienone is 2. The van der Waals surface area contributed by atoms with Crippen LogP contribution in [0, 0.1) is 0 Å². The normalized spacial score (nSPS) is 20.3. The first kappa shape index (κ1) is 12.1. The summed E-state index contributed by atoms with van der Waals surface area (Å²) in [6, 6.07) is 0. The Bertz CT molecular complexity index is 568. The zero-order valence-electron chi connectivity index (χ0n) is 11.1. The van der Waals surface area contributed by atoms with E-state index in [9.17, 15) is 4.79 Å². The van der Waals surface area contributed by atoms with Gasteiger partial charge in [-0.1, -0.05) is 5.57 Å². The largest absolute Gasteiger partial charge is 0.292 e. The second kappa shape index (κ2) is 4.99. The lowest BCUT2D eigenvalue weighted by Gasteiger charge is -2.10. The monoisotopic (exact) mass is 258 g/mol. The third-order valence-electron chi connectivity index (χ3n) is 3.76. The maximum Gasteiger partial charge on any atom is 0.292 e. The number of H-pyrrole nitrogens is 1. The van der Waals surface area contributed by atoms with Crippen LogP contribution in [0.2, 0.25) is 0 Å². The van der Waals surface area contributed by atoms with Crippen LogP contribution in [0.5, 0.6) is 0 Å². The summed E-state index contributed by atoms with van der Waals surface area (Å²) in [6.45, 7) is 2.08. The molecule has 2 N–H and O–H groups in total. The molecule has 19 heavy (non-hydrogen) atoms. The summed E-state index contributed by atoms with van der Waals surface area (Å²) < 4.78 is 0. The van der Waals surface area contributed by atoms with E-state index in [1.54, 1.807) is 0 Å². The highest BCUT2D eigenvalue weighted by Crippen LogP contribution is 2.22. The van der Waals surface area contributed by atoms with Gasteiger partial charge >= 0.3 is 0 Å². The van der Waals surface area contributed by atoms with Crippen molar-refractivity contribution in [2.24, 2.45) is 5.10 Å². The highest BCUT2D eigenvalue weighted by Gasteiger charge is 2.21. The summed E-state index contributed by atoms with van der Waals surface area (Å²) in [5, 5.41) is 11.3. The zero-order valence-corrected chi connectivity index (χ0v) is 11.1. The fourth-order valence-corrected chi connectivity index (χ4v) is 2.69. The number of fused-ring (bicyclic) bond motifs is 1. The standard InChI is InChI=1S/C14H18N4O/c1-9-6-7-10(8-9)15-18-14(19)13-11-4-2-3-5-12(11)16-17-13/h8H,2-7H2,1H3,(H,16,17)(H,18,19). The molecule has 1 heterocycles. The number of carbonyl (C=O) groups is 1. The Morgan fingerprint density at radius 1 is 1.32 bits per heavy atom. The van der Waals surface area contributed by atoms with E-state index in [1.807, 2.05) is 6.08 Å². The Morgan fingerprint density at radius 3 is 2.95 bits per heavy atom. The van der Waals surface area contributed by atoms with E-state index in [1.165, 1.54) is 12.0 Å². The molecule has 1 aromatic heterocycles. The molecule has 5 heteroatoms. The quantitative estimate of drug-likeness (QED) is 0.798. The van der Waals surface area contributed by atoms with E-state index in [0.717, 1.165) is 49.1 Å². The molecule has 0 unspecified atom stereocenters. The fourth-order valence-electron chi connectivity index (χ4n) is 2.69. The van der Waals surface area contributed by atoms with Gasteiger partial charge in [0.05, 0.1) is 5.71 Å². The van der Waals surface area contributed by atoms with Gasteiger partial charge < -0.3 is 0 Å². The lowest BCUT2D eigenvalue weighted by atomic mass is 9.96. The van der Waals surface area contributed by atoms with Gasteiger partial charge in [-0.3, -0.25) is 9.89 Å². The van der Waals surface area contributed by atoms with E-state index in [4.69, 9.17) is 0 Å². The Kier molecular flexibility index (Phi) is 3.19. The predicted octanol–water partition coefficient (Wildman–Crippen LogP) is 2.11. The first-order valence-corrected chi connectivity index (χ1v) is 6.84. The molecule has 0 radical (unpaired) electrons. The highest BCUT2D eigenvalue weighted by atomic mass is 16.2. The van der Waals surface area contributed by atoms with Crippen molar-refractivity contribution in [2.45, 2.75) is 45.4 Å². The van der Waals surface area contributed by atoms with Crippen LogP contribution >= 0.6 is 0 Å². The Morgan fingerprint density at radius 2 is 2.16 bits per heavy atom. The molecule has 1 aromatic rings. The average Bonchev–Trinajstić information content (AvgIpc) is 3.02. The molecular weight excluding hydrogens is 240 g/mol. The minimum atomic E-state index is -0.204. The number of aromatic nitrogens is 2. The van der Waals surface area contributed by atoms with E-state index < -0.39 is 0 Å². The molecule has 0 aromatic carbocycles. The molecule has 0 fully saturated rings. The number of hydrazone groups is 1. The summed E-state index contributed by atoms with van der Waals surface area (Å²) in [6.07, 6.45) is 8.19. The molecule has 100 valence electrons. The van der Waals surface area contributed by atoms with E-state index >= 15 is 0 Å². The number of amides is 1. The van der Waals surface area contributed by atoms with Gasteiger partial charge in [-0.15, -0.1) is 0 Å². The molecule has 2 aliphatic carbocycles. The van der Waals surface area contributed by atoms with Crippen LogP contribution < -0.4 is 5.43 Å². The maximum atomic E-state index is 12.1. The lowest BCUT2D eigenvalue weighted by Crippen LogP contribution is -2.21. The number of aryl methyl sites for hydroxylation is 1. The van der Waals surface area contributed by atoms with Gasteiger partial charge in [-0.2, -0.15) is 10.2 Å². The number of nitrogens with zero attached hydrogens (tertiary/aromatic N) is 2. The van der Waals surface area contributed by atoms with Crippen molar-refractivity contribution in [1.82, 2.24) is 15.6 Å². The maximum absolute atomic E-state index is 12.1. The summed E-state index contributed by atoms with van der Waals surface area (Å²) >= 11 is 0. The molecule has 1 amide bonds. The molecule has 0 spiro atoms. The number of hydrogen-bond acceptors (Lipinski definition) is 3. The number of carbonyl (C=O) groups excluding carboxylic acids is 1. The van der Waals surface area contributed by atoms with Crippen LogP contribution in [0.15, 0.2) is 16.8 Å². The predicted molar refractivity (Wildman–Crippen MR) is 73.1 cm³/mol. The molecular formula is C14H18N4O. The summed E-state index contributed by atoms with van der Waals surface area (Å²) in [5.74, 6) is -0.204. The van der Waals surface area contributed by atoms with Crippen molar-refractivity contribution in [1.29, 1.82) is 0 Å². The van der Waals surface area contributed by atoms with Crippen LogP contribution in [-0.4, -0.2) is 21.8 Å². The van der Waals surface area contributed by atoms with Crippen molar-refractivity contribution < 1.29 is 4.79 Å². The number of hydrogen-bond donors (Lipinski definition) is 2. The Labute approximate surface area is 112 Å². The molecule has 0 saturated heterocycles. The summed E-state index contributed by atoms with van der Waals surface area (Å²) in [5.41, 5.74) is 7.56. The molecule has 0 saturated carbocycles. The molecule has 0 bridgehead atoms. The van der Waals surface area contributed by atoms with Crippen LogP contribution in [-0.2, 0) is 12.8 Å². The van der Waals surface area contributed by atoms with Gasteiger partial charge in [0.2, 0.25) is 0 Å². The second-order valence-electron chi connectivity index (χ2n) is 5.27. The van der Waals surface area contributed by atoms with Gasteiger partial charge in [0.15, 0.2) is 5.69 Å². The third kappa shape index (κ3) is 2.45. The van der Waals surface area contributed by atoms with Crippen molar-refractivity contribution in [3.8, 4) is 0 Å². The Hall–Kier alpha value is -1.91. The highest BCUT2D eigenvalue weighted by molar-refractivity contribution is 6.00. The van der Waals surface area contributed by atoms with Gasteiger partial charge in [0.1, 0.15) is 0 Å². The van der Waals surface area contributed by atoms with Crippen LogP contribution in [0.1, 0.15) is 54.4 Å².